The molecule has 0 aromatic heterocycles. The largest absolute Gasteiger partial charge is 0.393 e. The van der Waals surface area contributed by atoms with Crippen LogP contribution in [0.15, 0.2) is 12.2 Å². The van der Waals surface area contributed by atoms with Crippen LogP contribution in [0.3, 0.4) is 0 Å². The first-order valence-electron chi connectivity index (χ1n) is 12.1. The predicted molar refractivity (Wildman–Crippen MR) is 117 cm³/mol. The van der Waals surface area contributed by atoms with Crippen LogP contribution in [0.1, 0.15) is 129 Å². The lowest BCUT2D eigenvalue weighted by molar-refractivity contribution is -0.153. The minimum atomic E-state index is -0.345. The fourth-order valence-corrected chi connectivity index (χ4v) is 3.91. The Morgan fingerprint density at radius 3 is 1.64 bits per heavy atom. The second-order valence-electron chi connectivity index (χ2n) is 8.48. The summed E-state index contributed by atoms with van der Waals surface area (Å²) in [5.74, 6) is -0.810. The van der Waals surface area contributed by atoms with Crippen LogP contribution in [0, 0.1) is 5.92 Å². The van der Waals surface area contributed by atoms with Crippen LogP contribution < -0.4 is 0 Å². The van der Waals surface area contributed by atoms with E-state index in [1.807, 2.05) is 0 Å². The van der Waals surface area contributed by atoms with Crippen LogP contribution in [-0.4, -0.2) is 11.9 Å². The van der Waals surface area contributed by atoms with Crippen LogP contribution in [0.4, 0.5) is 0 Å². The number of unbranched alkanes of at least 4 members (excludes halogenated alkanes) is 15. The average Bonchev–Trinajstić information content (AvgIpc) is 3.00. The molecule has 162 valence electrons. The van der Waals surface area contributed by atoms with Crippen molar-refractivity contribution in [1.82, 2.24) is 0 Å². The Hall–Kier alpha value is -1.12. The summed E-state index contributed by atoms with van der Waals surface area (Å²) in [6.45, 7) is 2.27. The van der Waals surface area contributed by atoms with Gasteiger partial charge in [0.25, 0.3) is 0 Å². The molecular formula is C25H44O3. The van der Waals surface area contributed by atoms with Crippen molar-refractivity contribution in [2.45, 2.75) is 129 Å². The summed E-state index contributed by atoms with van der Waals surface area (Å²) in [5.41, 5.74) is 0. The highest BCUT2D eigenvalue weighted by molar-refractivity contribution is 5.94. The van der Waals surface area contributed by atoms with E-state index in [9.17, 15) is 9.59 Å². The molecule has 1 fully saturated rings. The highest BCUT2D eigenvalue weighted by Crippen LogP contribution is 2.22. The molecular weight excluding hydrogens is 348 g/mol. The van der Waals surface area contributed by atoms with Gasteiger partial charge in [-0.2, -0.15) is 0 Å². The first-order chi connectivity index (χ1) is 13.7. The molecule has 3 heteroatoms. The Morgan fingerprint density at radius 2 is 1.18 bits per heavy atom. The van der Waals surface area contributed by atoms with E-state index in [1.165, 1.54) is 103 Å². The SMILES string of the molecule is CCCCCCCCC/C=C/CCCCCCCCCCC1CC(=O)OC1=O. The van der Waals surface area contributed by atoms with Gasteiger partial charge >= 0.3 is 11.9 Å². The molecule has 0 aromatic carbocycles. The molecule has 3 nitrogen and oxygen atoms in total. The average molecular weight is 393 g/mol. The molecule has 1 heterocycles. The number of carbonyl (C=O) groups excluding carboxylic acids is 2. The van der Waals surface area contributed by atoms with Crippen molar-refractivity contribution < 1.29 is 14.3 Å². The number of allylic oxidation sites excluding steroid dienone is 2. The van der Waals surface area contributed by atoms with Crippen molar-refractivity contribution in [3.63, 3.8) is 0 Å². The fraction of sp³-hybridized carbons (Fsp3) is 0.840. The van der Waals surface area contributed by atoms with Crippen LogP contribution in [0.5, 0.6) is 0 Å². The van der Waals surface area contributed by atoms with Crippen LogP contribution in [-0.2, 0) is 14.3 Å². The summed E-state index contributed by atoms with van der Waals surface area (Å²) in [6, 6.07) is 0. The van der Waals surface area contributed by atoms with E-state index in [-0.39, 0.29) is 17.9 Å². The molecule has 28 heavy (non-hydrogen) atoms. The molecule has 0 radical (unpaired) electrons. The number of rotatable bonds is 19. The summed E-state index contributed by atoms with van der Waals surface area (Å²) >= 11 is 0. The van der Waals surface area contributed by atoms with Crippen LogP contribution in [0.2, 0.25) is 0 Å². The van der Waals surface area contributed by atoms with Crippen molar-refractivity contribution >= 4 is 11.9 Å². The Bertz CT molecular complexity index is 428. The van der Waals surface area contributed by atoms with E-state index >= 15 is 0 Å². The fourth-order valence-electron chi connectivity index (χ4n) is 3.91. The van der Waals surface area contributed by atoms with Crippen molar-refractivity contribution in [3.05, 3.63) is 12.2 Å². The maximum absolute atomic E-state index is 11.4. The maximum Gasteiger partial charge on any atom is 0.317 e. The van der Waals surface area contributed by atoms with Crippen molar-refractivity contribution in [2.24, 2.45) is 5.92 Å². The zero-order chi connectivity index (χ0) is 20.3. The van der Waals surface area contributed by atoms with Crippen molar-refractivity contribution in [2.75, 3.05) is 0 Å². The Labute approximate surface area is 173 Å². The lowest BCUT2D eigenvalue weighted by Crippen LogP contribution is -2.06. The summed E-state index contributed by atoms with van der Waals surface area (Å²) in [4.78, 5) is 22.4. The summed E-state index contributed by atoms with van der Waals surface area (Å²) in [7, 11) is 0. The zero-order valence-corrected chi connectivity index (χ0v) is 18.4. The predicted octanol–water partition coefficient (Wildman–Crippen LogP) is 7.67. The molecule has 0 amide bonds. The summed E-state index contributed by atoms with van der Waals surface area (Å²) < 4.78 is 4.58. The van der Waals surface area contributed by atoms with Gasteiger partial charge in [0.15, 0.2) is 0 Å². The van der Waals surface area contributed by atoms with E-state index in [4.69, 9.17) is 0 Å². The molecule has 0 saturated carbocycles. The van der Waals surface area contributed by atoms with Gasteiger partial charge in [-0.25, -0.2) is 0 Å². The van der Waals surface area contributed by atoms with Crippen LogP contribution in [0.25, 0.3) is 0 Å². The maximum atomic E-state index is 11.4. The third kappa shape index (κ3) is 14.0. The molecule has 0 bridgehead atoms. The number of esters is 2. The van der Waals surface area contributed by atoms with Gasteiger partial charge < -0.3 is 4.74 Å². The molecule has 0 N–H and O–H groups in total. The monoisotopic (exact) mass is 392 g/mol. The number of ether oxygens (including phenoxy) is 1. The third-order valence-corrected chi connectivity index (χ3v) is 5.78. The molecule has 0 aliphatic carbocycles. The highest BCUT2D eigenvalue weighted by Gasteiger charge is 2.32. The summed E-state index contributed by atoms with van der Waals surface area (Å²) in [6.07, 6.45) is 28.2. The molecule has 1 aliphatic heterocycles. The van der Waals surface area contributed by atoms with E-state index in [0.717, 1.165) is 12.8 Å². The minimum Gasteiger partial charge on any atom is -0.393 e. The second kappa shape index (κ2) is 17.9. The molecule has 1 unspecified atom stereocenters. The Balaban J connectivity index is 1.74. The number of carbonyl (C=O) groups is 2. The highest BCUT2D eigenvalue weighted by atomic mass is 16.6. The third-order valence-electron chi connectivity index (χ3n) is 5.78. The van der Waals surface area contributed by atoms with Crippen molar-refractivity contribution in [1.29, 1.82) is 0 Å². The van der Waals surface area contributed by atoms with E-state index in [0.29, 0.717) is 6.42 Å². The molecule has 1 aliphatic rings. The van der Waals surface area contributed by atoms with Crippen molar-refractivity contribution in [3.8, 4) is 0 Å². The van der Waals surface area contributed by atoms with E-state index in [2.05, 4.69) is 23.8 Å². The lowest BCUT2D eigenvalue weighted by Gasteiger charge is -2.04. The van der Waals surface area contributed by atoms with E-state index in [1.54, 1.807) is 0 Å². The molecule has 1 rings (SSSR count). The van der Waals surface area contributed by atoms with Gasteiger partial charge in [-0.1, -0.05) is 103 Å². The van der Waals surface area contributed by atoms with Gasteiger partial charge in [0.2, 0.25) is 0 Å². The molecule has 1 saturated heterocycles. The second-order valence-corrected chi connectivity index (χ2v) is 8.48. The Kier molecular flexibility index (Phi) is 16.0. The standard InChI is InChI=1S/C25H44O3/c1-2-3-4-5-6-7-8-9-10-11-12-13-14-15-16-17-18-19-20-21-23-22-24(26)28-25(23)27/h10-11,23H,2-9,12-22H2,1H3/b11-10+. The van der Waals surface area contributed by atoms with Gasteiger partial charge in [0.1, 0.15) is 0 Å². The topological polar surface area (TPSA) is 43.4 Å². The minimum absolute atomic E-state index is 0.161. The number of cyclic esters (lactones) is 2. The zero-order valence-electron chi connectivity index (χ0n) is 18.4. The van der Waals surface area contributed by atoms with Crippen LogP contribution >= 0.6 is 0 Å². The van der Waals surface area contributed by atoms with Gasteiger partial charge in [-0.05, 0) is 32.1 Å². The molecule has 0 spiro atoms. The normalized spacial score (nSPS) is 17.0. The van der Waals surface area contributed by atoms with Gasteiger partial charge in [0, 0.05) is 0 Å². The summed E-state index contributed by atoms with van der Waals surface area (Å²) in [5, 5.41) is 0. The van der Waals surface area contributed by atoms with Gasteiger partial charge in [0.05, 0.1) is 12.3 Å². The Morgan fingerprint density at radius 1 is 0.714 bits per heavy atom. The van der Waals surface area contributed by atoms with Gasteiger partial charge in [-0.3, -0.25) is 9.59 Å². The quantitative estimate of drug-likeness (QED) is 0.0980. The van der Waals surface area contributed by atoms with E-state index < -0.39 is 0 Å². The first kappa shape index (κ1) is 24.9. The molecule has 1 atom stereocenters. The van der Waals surface area contributed by atoms with Gasteiger partial charge in [-0.15, -0.1) is 0 Å². The number of hydrogen-bond acceptors (Lipinski definition) is 3. The first-order valence-corrected chi connectivity index (χ1v) is 12.1. The smallest absolute Gasteiger partial charge is 0.317 e. The molecule has 0 aromatic rings. The lowest BCUT2D eigenvalue weighted by atomic mass is 9.99. The number of hydrogen-bond donors (Lipinski definition) is 0.